The molecule has 2 aromatic carbocycles. The molecule has 0 aromatic heterocycles. The van der Waals surface area contributed by atoms with Crippen molar-refractivity contribution >= 4 is 58.2 Å². The first-order valence-corrected chi connectivity index (χ1v) is 10.0. The third-order valence-electron chi connectivity index (χ3n) is 3.82. The van der Waals surface area contributed by atoms with Crippen molar-refractivity contribution in [3.63, 3.8) is 0 Å². The van der Waals surface area contributed by atoms with Gasteiger partial charge in [-0.05, 0) is 42.0 Å². The van der Waals surface area contributed by atoms with Gasteiger partial charge in [0.15, 0.2) is 5.17 Å². The number of thioether (sulfide) groups is 1. The Hall–Kier alpha value is -2.55. The maximum Gasteiger partial charge on any atom is 0.305 e. The maximum atomic E-state index is 11.6. The smallest absolute Gasteiger partial charge is 0.305 e. The molecule has 29 heavy (non-hydrogen) atoms. The number of ether oxygens (including phenoxy) is 1. The topological polar surface area (TPSA) is 100 Å². The van der Waals surface area contributed by atoms with E-state index in [1.807, 2.05) is 0 Å². The summed E-state index contributed by atoms with van der Waals surface area (Å²) in [4.78, 5) is 22.3. The molecule has 0 radical (unpaired) electrons. The summed E-state index contributed by atoms with van der Waals surface area (Å²) in [6.07, 6.45) is 1.25. The van der Waals surface area contributed by atoms with Crippen LogP contribution in [-0.4, -0.2) is 33.6 Å². The van der Waals surface area contributed by atoms with Crippen LogP contribution in [-0.2, 0) is 16.2 Å². The second-order valence-electron chi connectivity index (χ2n) is 5.90. The Morgan fingerprint density at radius 2 is 1.90 bits per heavy atom. The molecule has 1 fully saturated rings. The average Bonchev–Trinajstić information content (AvgIpc) is 3.01. The third-order valence-corrected chi connectivity index (χ3v) is 5.60. The van der Waals surface area contributed by atoms with E-state index in [2.05, 4.69) is 15.5 Å². The number of nitrogens with one attached hydrogen (secondary N) is 1. The van der Waals surface area contributed by atoms with Crippen LogP contribution in [0.25, 0.3) is 0 Å². The van der Waals surface area contributed by atoms with Gasteiger partial charge in [0.2, 0.25) is 5.91 Å². The van der Waals surface area contributed by atoms with E-state index in [-0.39, 0.29) is 24.1 Å². The van der Waals surface area contributed by atoms with E-state index in [1.54, 1.807) is 42.5 Å². The minimum Gasteiger partial charge on any atom is -0.489 e. The van der Waals surface area contributed by atoms with Gasteiger partial charge in [0.05, 0.1) is 12.6 Å². The summed E-state index contributed by atoms with van der Waals surface area (Å²) in [5.41, 5.74) is 1.49. The van der Waals surface area contributed by atoms with Crippen LogP contribution in [0.5, 0.6) is 5.75 Å². The summed E-state index contributed by atoms with van der Waals surface area (Å²) in [5.74, 6) is -0.785. The zero-order valence-electron chi connectivity index (χ0n) is 14.8. The van der Waals surface area contributed by atoms with E-state index in [0.29, 0.717) is 15.8 Å². The molecule has 2 aromatic rings. The minimum absolute atomic E-state index is 0.244. The lowest BCUT2D eigenvalue weighted by Crippen LogP contribution is -2.26. The van der Waals surface area contributed by atoms with Crippen molar-refractivity contribution in [3.05, 3.63) is 63.6 Å². The number of carbonyl (C=O) groups excluding carboxylic acids is 1. The van der Waals surface area contributed by atoms with Crippen molar-refractivity contribution in [1.82, 2.24) is 5.32 Å². The van der Waals surface area contributed by atoms with E-state index in [9.17, 15) is 9.59 Å². The summed E-state index contributed by atoms with van der Waals surface area (Å²) in [6, 6.07) is 12.4. The number of benzene rings is 2. The van der Waals surface area contributed by atoms with Crippen molar-refractivity contribution in [3.8, 4) is 5.75 Å². The molecule has 0 saturated carbocycles. The fourth-order valence-electron chi connectivity index (χ4n) is 2.37. The van der Waals surface area contributed by atoms with Gasteiger partial charge in [-0.15, -0.1) is 5.10 Å². The molecule has 10 heteroatoms. The predicted octanol–water partition coefficient (Wildman–Crippen LogP) is 3.97. The van der Waals surface area contributed by atoms with Gasteiger partial charge in [-0.2, -0.15) is 5.10 Å². The van der Waals surface area contributed by atoms with Crippen LogP contribution in [0.4, 0.5) is 0 Å². The first kappa shape index (κ1) is 21.2. The molecular weight excluding hydrogens is 437 g/mol. The molecule has 0 aliphatic carbocycles. The Morgan fingerprint density at radius 3 is 2.55 bits per heavy atom. The van der Waals surface area contributed by atoms with Gasteiger partial charge in [0.1, 0.15) is 17.6 Å². The van der Waals surface area contributed by atoms with Gasteiger partial charge in [-0.3, -0.25) is 9.59 Å². The summed E-state index contributed by atoms with van der Waals surface area (Å²) >= 11 is 13.3. The normalized spacial score (nSPS) is 17.7. The zero-order chi connectivity index (χ0) is 20.8. The number of aliphatic carboxylic acids is 1. The highest BCUT2D eigenvalue weighted by atomic mass is 35.5. The molecule has 1 atom stereocenters. The van der Waals surface area contributed by atoms with Gasteiger partial charge < -0.3 is 15.2 Å². The number of amides is 1. The fourth-order valence-corrected chi connectivity index (χ4v) is 3.79. The van der Waals surface area contributed by atoms with Crippen LogP contribution in [0.2, 0.25) is 10.0 Å². The first-order chi connectivity index (χ1) is 13.9. The zero-order valence-corrected chi connectivity index (χ0v) is 17.2. The van der Waals surface area contributed by atoms with Crippen molar-refractivity contribution in [2.24, 2.45) is 10.2 Å². The largest absolute Gasteiger partial charge is 0.489 e. The third kappa shape index (κ3) is 5.96. The van der Waals surface area contributed by atoms with Crippen LogP contribution in [0.1, 0.15) is 17.5 Å². The number of rotatable bonds is 7. The summed E-state index contributed by atoms with van der Waals surface area (Å²) in [6.45, 7) is 0.244. The van der Waals surface area contributed by atoms with E-state index < -0.39 is 11.2 Å². The first-order valence-electron chi connectivity index (χ1n) is 8.38. The minimum atomic E-state index is -1.04. The summed E-state index contributed by atoms with van der Waals surface area (Å²) in [7, 11) is 0. The van der Waals surface area contributed by atoms with Crippen molar-refractivity contribution < 1.29 is 19.4 Å². The van der Waals surface area contributed by atoms with Crippen molar-refractivity contribution in [2.45, 2.75) is 18.3 Å². The highest BCUT2D eigenvalue weighted by Gasteiger charge is 2.32. The SMILES string of the molecule is O=C(O)C[C@@H]1S/C(=N\N=C/c2ccc(OCc3c(Cl)cccc3Cl)cc2)NC1=O. The molecule has 1 heterocycles. The van der Waals surface area contributed by atoms with E-state index >= 15 is 0 Å². The number of hydrogen-bond acceptors (Lipinski definition) is 6. The standard InChI is InChI=1S/C19H15Cl2N3O4S/c20-14-2-1-3-15(21)13(14)10-28-12-6-4-11(5-7-12)9-22-24-19-23-18(27)16(29-19)8-17(25)26/h1-7,9,16H,8,10H2,(H,25,26)(H,23,24,27)/b22-9-/t16-/m0/s1. The Labute approximate surface area is 180 Å². The number of hydrogen-bond donors (Lipinski definition) is 2. The van der Waals surface area contributed by atoms with Crippen molar-refractivity contribution in [1.29, 1.82) is 0 Å². The lowest BCUT2D eigenvalue weighted by atomic mass is 10.2. The Balaban J connectivity index is 1.55. The Kier molecular flexibility index (Phi) is 7.13. The molecule has 2 N–H and O–H groups in total. The molecule has 7 nitrogen and oxygen atoms in total. The molecule has 1 amide bonds. The second kappa shape index (κ2) is 9.78. The Morgan fingerprint density at radius 1 is 1.21 bits per heavy atom. The lowest BCUT2D eigenvalue weighted by Gasteiger charge is -2.09. The van der Waals surface area contributed by atoms with Gasteiger partial charge >= 0.3 is 5.97 Å². The fraction of sp³-hybridized carbons (Fsp3) is 0.158. The summed E-state index contributed by atoms with van der Waals surface area (Å²) < 4.78 is 5.71. The van der Waals surface area contributed by atoms with E-state index in [1.165, 1.54) is 6.21 Å². The quantitative estimate of drug-likeness (QED) is 0.489. The van der Waals surface area contributed by atoms with Gasteiger partial charge in [0, 0.05) is 15.6 Å². The summed E-state index contributed by atoms with van der Waals surface area (Å²) in [5, 5.41) is 19.8. The number of carboxylic acid groups (broad SMARTS) is 1. The number of nitrogens with zero attached hydrogens (tertiary/aromatic N) is 2. The molecule has 1 aliphatic heterocycles. The van der Waals surface area contributed by atoms with E-state index in [4.69, 9.17) is 33.0 Å². The van der Waals surface area contributed by atoms with Crippen LogP contribution < -0.4 is 10.1 Å². The van der Waals surface area contributed by atoms with Crippen molar-refractivity contribution in [2.75, 3.05) is 0 Å². The average molecular weight is 452 g/mol. The van der Waals surface area contributed by atoms with Crippen LogP contribution >= 0.6 is 35.0 Å². The molecule has 1 aliphatic rings. The van der Waals surface area contributed by atoms with Crippen LogP contribution in [0.15, 0.2) is 52.7 Å². The molecule has 0 bridgehead atoms. The second-order valence-corrected chi connectivity index (χ2v) is 7.91. The van der Waals surface area contributed by atoms with Gasteiger partial charge in [-0.25, -0.2) is 0 Å². The number of carboxylic acids is 1. The lowest BCUT2D eigenvalue weighted by molar-refractivity contribution is -0.138. The molecule has 1 saturated heterocycles. The highest BCUT2D eigenvalue weighted by Crippen LogP contribution is 2.26. The number of carbonyl (C=O) groups is 2. The van der Waals surface area contributed by atoms with E-state index in [0.717, 1.165) is 22.9 Å². The Bertz CT molecular complexity index is 960. The maximum absolute atomic E-state index is 11.6. The van der Waals surface area contributed by atoms with Crippen LogP contribution in [0.3, 0.4) is 0 Å². The molecular formula is C19H15Cl2N3O4S. The highest BCUT2D eigenvalue weighted by molar-refractivity contribution is 8.15. The van der Waals surface area contributed by atoms with Crippen LogP contribution in [0, 0.1) is 0 Å². The van der Waals surface area contributed by atoms with Gasteiger partial charge in [-0.1, -0.05) is 41.0 Å². The van der Waals surface area contributed by atoms with Gasteiger partial charge in [0.25, 0.3) is 0 Å². The molecule has 3 rings (SSSR count). The number of amidine groups is 1. The molecule has 0 spiro atoms. The molecule has 0 unspecified atom stereocenters. The molecule has 150 valence electrons. The monoisotopic (exact) mass is 451 g/mol. The number of halogens is 2. The predicted molar refractivity (Wildman–Crippen MR) is 114 cm³/mol.